The van der Waals surface area contributed by atoms with Crippen LogP contribution in [0, 0.1) is 6.92 Å². The third kappa shape index (κ3) is 6.78. The predicted octanol–water partition coefficient (Wildman–Crippen LogP) is 5.52. The average molecular weight is 675 g/mol. The predicted molar refractivity (Wildman–Crippen MR) is 186 cm³/mol. The fraction of sp³-hybridized carbons (Fsp3) is 0.405. The molecule has 3 aromatic carbocycles. The molecule has 0 spiro atoms. The molecule has 11 heteroatoms. The number of aromatic nitrogens is 2. The molecule has 0 radical (unpaired) electrons. The van der Waals surface area contributed by atoms with E-state index in [0.29, 0.717) is 17.1 Å². The number of methoxy groups -OCH3 is 2. The highest BCUT2D eigenvalue weighted by molar-refractivity contribution is 6.74. The third-order valence-electron chi connectivity index (χ3n) is 9.61. The number of benzene rings is 3. The van der Waals surface area contributed by atoms with Crippen molar-refractivity contribution in [1.29, 1.82) is 0 Å². The Hall–Kier alpha value is -4.00. The fourth-order valence-electron chi connectivity index (χ4n) is 5.78. The topological polar surface area (TPSA) is 121 Å². The molecule has 1 aliphatic heterocycles. The van der Waals surface area contributed by atoms with Gasteiger partial charge in [0.1, 0.15) is 35.4 Å². The third-order valence-corrected chi connectivity index (χ3v) is 14.1. The van der Waals surface area contributed by atoms with Crippen molar-refractivity contribution in [2.75, 3.05) is 20.8 Å². The highest BCUT2D eigenvalue weighted by Gasteiger charge is 2.51. The van der Waals surface area contributed by atoms with Crippen LogP contribution in [-0.2, 0) is 19.5 Å². The normalized spacial score (nSPS) is 20.1. The highest BCUT2D eigenvalue weighted by atomic mass is 28.4. The molecule has 2 heterocycles. The Morgan fingerprint density at radius 2 is 1.38 bits per heavy atom. The van der Waals surface area contributed by atoms with Gasteiger partial charge in [-0.3, -0.25) is 14.3 Å². The molecule has 1 fully saturated rings. The van der Waals surface area contributed by atoms with Crippen molar-refractivity contribution in [2.24, 2.45) is 0 Å². The monoisotopic (exact) mass is 674 g/mol. The number of nitrogens with one attached hydrogen (secondary N) is 1. The van der Waals surface area contributed by atoms with E-state index < -0.39 is 49.7 Å². The molecule has 48 heavy (non-hydrogen) atoms. The van der Waals surface area contributed by atoms with Gasteiger partial charge in [-0.05, 0) is 66.0 Å². The SMILES string of the molecule is COc1ccc(C(OC[C@H]2O[C@@H](n3cc(C)c(=O)[nH]c3=O)[C@@H](O[Si](C)(C)C(C)(C)C)C2O)(c2ccccc2)c2ccc(OC)cc2)cc1. The van der Waals surface area contributed by atoms with Crippen molar-refractivity contribution in [3.8, 4) is 11.5 Å². The summed E-state index contributed by atoms with van der Waals surface area (Å²) in [6, 6.07) is 25.2. The summed E-state index contributed by atoms with van der Waals surface area (Å²) in [7, 11) is 0.749. The zero-order valence-electron chi connectivity index (χ0n) is 28.9. The molecular weight excluding hydrogens is 628 g/mol. The molecule has 1 aliphatic rings. The molecule has 0 amide bonds. The molecule has 1 saturated heterocycles. The van der Waals surface area contributed by atoms with Crippen LogP contribution in [0.2, 0.25) is 18.1 Å². The lowest BCUT2D eigenvalue weighted by molar-refractivity contribution is -0.0957. The molecule has 1 aromatic heterocycles. The Balaban J connectivity index is 1.60. The van der Waals surface area contributed by atoms with Gasteiger partial charge in [-0.25, -0.2) is 4.79 Å². The Labute approximate surface area is 282 Å². The largest absolute Gasteiger partial charge is 0.497 e. The van der Waals surface area contributed by atoms with E-state index in [0.717, 1.165) is 16.7 Å². The lowest BCUT2D eigenvalue weighted by Gasteiger charge is -2.40. The molecular formula is C37H46N2O8Si. The van der Waals surface area contributed by atoms with Crippen molar-refractivity contribution in [3.05, 3.63) is 128 Å². The zero-order valence-corrected chi connectivity index (χ0v) is 29.9. The van der Waals surface area contributed by atoms with Crippen LogP contribution in [0.1, 0.15) is 49.3 Å². The second-order valence-corrected chi connectivity index (χ2v) is 18.4. The molecule has 0 bridgehead atoms. The number of aromatic amines is 1. The number of hydrogen-bond donors (Lipinski definition) is 2. The molecule has 5 rings (SSSR count). The van der Waals surface area contributed by atoms with Gasteiger partial charge in [-0.1, -0.05) is 75.4 Å². The van der Waals surface area contributed by atoms with Gasteiger partial charge in [0, 0.05) is 11.8 Å². The van der Waals surface area contributed by atoms with E-state index in [9.17, 15) is 14.7 Å². The van der Waals surface area contributed by atoms with Crippen LogP contribution in [0.15, 0.2) is 94.6 Å². The summed E-state index contributed by atoms with van der Waals surface area (Å²) < 4.78 is 32.5. The van der Waals surface area contributed by atoms with Crippen molar-refractivity contribution in [2.45, 2.75) is 76.0 Å². The minimum atomic E-state index is -2.49. The first kappa shape index (κ1) is 35.3. The van der Waals surface area contributed by atoms with Gasteiger partial charge in [-0.2, -0.15) is 0 Å². The number of aliphatic hydroxyl groups is 1. The van der Waals surface area contributed by atoms with Gasteiger partial charge in [0.05, 0.1) is 20.8 Å². The second-order valence-electron chi connectivity index (χ2n) is 13.7. The smallest absolute Gasteiger partial charge is 0.330 e. The first-order chi connectivity index (χ1) is 22.7. The van der Waals surface area contributed by atoms with E-state index in [4.69, 9.17) is 23.4 Å². The van der Waals surface area contributed by atoms with Crippen molar-refractivity contribution in [3.63, 3.8) is 0 Å². The van der Waals surface area contributed by atoms with E-state index in [1.165, 1.54) is 10.8 Å². The zero-order chi connectivity index (χ0) is 34.9. The summed E-state index contributed by atoms with van der Waals surface area (Å²) in [5.41, 5.74) is 0.552. The summed E-state index contributed by atoms with van der Waals surface area (Å²) in [4.78, 5) is 27.7. The molecule has 1 unspecified atom stereocenters. The van der Waals surface area contributed by atoms with Crippen LogP contribution in [0.3, 0.4) is 0 Å². The molecule has 4 atom stereocenters. The molecule has 10 nitrogen and oxygen atoms in total. The van der Waals surface area contributed by atoms with E-state index in [2.05, 4.69) is 38.8 Å². The number of aliphatic hydroxyl groups excluding tert-OH is 1. The standard InChI is InChI=1S/C37H46N2O8Si/c1-24-22-39(35(42)38-33(24)41)34-32(47-48(7,8)36(2,3)4)31(40)30(46-34)23-45-37(25-12-10-9-11-13-25,26-14-18-28(43-5)19-15-26)27-16-20-29(44-6)21-17-27/h9-22,30-32,34,40H,23H2,1-8H3,(H,38,41,42)/t30-,31?,32+,34-/m1/s1. The van der Waals surface area contributed by atoms with Crippen LogP contribution in [0.5, 0.6) is 11.5 Å². The number of aryl methyl sites for hydroxylation is 1. The maximum absolute atomic E-state index is 13.1. The molecule has 256 valence electrons. The Morgan fingerprint density at radius 3 is 1.88 bits per heavy atom. The molecule has 4 aromatic rings. The number of ether oxygens (including phenoxy) is 4. The Bertz CT molecular complexity index is 1750. The number of rotatable bonds is 11. The summed E-state index contributed by atoms with van der Waals surface area (Å²) in [6.07, 6.45) is -2.53. The number of hydrogen-bond acceptors (Lipinski definition) is 8. The molecule has 0 aliphatic carbocycles. The van der Waals surface area contributed by atoms with Crippen LogP contribution in [0.25, 0.3) is 0 Å². The first-order valence-electron chi connectivity index (χ1n) is 16.0. The fourth-order valence-corrected chi connectivity index (χ4v) is 7.07. The van der Waals surface area contributed by atoms with Gasteiger partial charge in [0.15, 0.2) is 14.5 Å². The maximum Gasteiger partial charge on any atom is 0.330 e. The lowest BCUT2D eigenvalue weighted by atomic mass is 9.80. The van der Waals surface area contributed by atoms with Crippen molar-refractivity contribution >= 4 is 8.32 Å². The quantitative estimate of drug-likeness (QED) is 0.158. The summed E-state index contributed by atoms with van der Waals surface area (Å²) in [6.45, 7) is 12.0. The van der Waals surface area contributed by atoms with Crippen molar-refractivity contribution < 1.29 is 28.5 Å². The van der Waals surface area contributed by atoms with E-state index in [1.54, 1.807) is 21.1 Å². The molecule has 2 N–H and O–H groups in total. The summed E-state index contributed by atoms with van der Waals surface area (Å²) in [5.74, 6) is 1.39. The Morgan fingerprint density at radius 1 is 0.854 bits per heavy atom. The number of nitrogens with zero attached hydrogens (tertiary/aromatic N) is 1. The van der Waals surface area contributed by atoms with E-state index in [1.807, 2.05) is 78.9 Å². The summed E-state index contributed by atoms with van der Waals surface area (Å²) >= 11 is 0. The molecule has 0 saturated carbocycles. The van der Waals surface area contributed by atoms with Gasteiger partial charge < -0.3 is 28.5 Å². The van der Waals surface area contributed by atoms with Crippen LogP contribution < -0.4 is 20.7 Å². The maximum atomic E-state index is 13.1. The summed E-state index contributed by atoms with van der Waals surface area (Å²) in [5, 5.41) is 11.7. The van der Waals surface area contributed by atoms with E-state index in [-0.39, 0.29) is 11.6 Å². The van der Waals surface area contributed by atoms with Gasteiger partial charge in [-0.15, -0.1) is 0 Å². The van der Waals surface area contributed by atoms with Gasteiger partial charge >= 0.3 is 5.69 Å². The van der Waals surface area contributed by atoms with Crippen LogP contribution in [-0.4, -0.2) is 62.1 Å². The second kappa shape index (κ2) is 13.8. The average Bonchev–Trinajstić information content (AvgIpc) is 3.37. The van der Waals surface area contributed by atoms with Crippen LogP contribution in [0.4, 0.5) is 0 Å². The van der Waals surface area contributed by atoms with Crippen molar-refractivity contribution in [1.82, 2.24) is 9.55 Å². The minimum absolute atomic E-state index is 0.0704. The lowest BCUT2D eigenvalue weighted by Crippen LogP contribution is -2.50. The van der Waals surface area contributed by atoms with Gasteiger partial charge in [0.2, 0.25) is 0 Å². The minimum Gasteiger partial charge on any atom is -0.497 e. The van der Waals surface area contributed by atoms with E-state index >= 15 is 0 Å². The van der Waals surface area contributed by atoms with Gasteiger partial charge in [0.25, 0.3) is 5.56 Å². The van der Waals surface area contributed by atoms with Crippen LogP contribution >= 0.6 is 0 Å². The Kier molecular flexibility index (Phi) is 10.2. The highest BCUT2D eigenvalue weighted by Crippen LogP contribution is 2.45. The first-order valence-corrected chi connectivity index (χ1v) is 18.9. The number of H-pyrrole nitrogens is 1.